The molecule has 3 aromatic carbocycles. The third-order valence-electron chi connectivity index (χ3n) is 9.19. The van der Waals surface area contributed by atoms with Gasteiger partial charge in [0.2, 0.25) is 0 Å². The van der Waals surface area contributed by atoms with Crippen LogP contribution in [0.4, 0.5) is 4.79 Å². The van der Waals surface area contributed by atoms with Gasteiger partial charge in [-0.05, 0) is 112 Å². The smallest absolute Gasteiger partial charge is 0.290 e. The van der Waals surface area contributed by atoms with E-state index in [0.29, 0.717) is 24.2 Å². The van der Waals surface area contributed by atoms with E-state index in [1.807, 2.05) is 42.5 Å². The number of carbonyl (C=O) groups is 2. The zero-order valence-corrected chi connectivity index (χ0v) is 26.9. The first-order chi connectivity index (χ1) is 21.1. The number of rotatable bonds is 9. The fraction of sp³-hybridized carbons (Fsp3) is 0.389. The molecule has 2 amide bonds. The van der Waals surface area contributed by atoms with Crippen molar-refractivity contribution in [1.82, 2.24) is 10.2 Å². The van der Waals surface area contributed by atoms with Crippen LogP contribution in [0.5, 0.6) is 17.2 Å². The molecule has 2 atom stereocenters. The molecule has 0 bridgehead atoms. The zero-order valence-electron chi connectivity index (χ0n) is 26.1. The maximum Gasteiger partial charge on any atom is 0.290 e. The highest BCUT2D eigenvalue weighted by Crippen LogP contribution is 2.52. The lowest BCUT2D eigenvalue weighted by Crippen LogP contribution is -2.42. The maximum atomic E-state index is 11.9. The first-order valence-corrected chi connectivity index (χ1v) is 16.1. The summed E-state index contributed by atoms with van der Waals surface area (Å²) < 4.78 is 19.5. The molecule has 0 unspecified atom stereocenters. The summed E-state index contributed by atoms with van der Waals surface area (Å²) in [5.74, 6) is 2.62. The number of imide groups is 1. The van der Waals surface area contributed by atoms with E-state index >= 15 is 0 Å². The normalized spacial score (nSPS) is 21.8. The van der Waals surface area contributed by atoms with E-state index in [0.717, 1.165) is 77.2 Å². The van der Waals surface area contributed by atoms with Crippen LogP contribution in [0.2, 0.25) is 0 Å². The molecular weight excluding hydrogens is 572 g/mol. The molecule has 3 aliphatic heterocycles. The van der Waals surface area contributed by atoms with Crippen molar-refractivity contribution < 1.29 is 23.8 Å². The second-order valence-corrected chi connectivity index (χ2v) is 13.5. The monoisotopic (exact) mass is 612 g/mol. The topological polar surface area (TPSA) is 77.1 Å². The number of thioether (sulfide) groups is 1. The molecule has 0 saturated carbocycles. The van der Waals surface area contributed by atoms with Gasteiger partial charge in [-0.1, -0.05) is 42.5 Å². The minimum atomic E-state index is -0.350. The van der Waals surface area contributed by atoms with Gasteiger partial charge in [0.15, 0.2) is 0 Å². The minimum Gasteiger partial charge on any atom is -0.492 e. The number of hydrogen-bond acceptors (Lipinski definition) is 7. The number of nitrogens with one attached hydrogen (secondary N) is 1. The summed E-state index contributed by atoms with van der Waals surface area (Å²) in [6.45, 7) is 13.9. The fourth-order valence-electron chi connectivity index (χ4n) is 6.59. The van der Waals surface area contributed by atoms with Crippen molar-refractivity contribution in [2.75, 3.05) is 19.7 Å². The fourth-order valence-corrected chi connectivity index (χ4v) is 7.27. The van der Waals surface area contributed by atoms with Crippen molar-refractivity contribution in [2.45, 2.75) is 71.6 Å². The van der Waals surface area contributed by atoms with Gasteiger partial charge in [0, 0.05) is 24.1 Å². The van der Waals surface area contributed by atoms with Gasteiger partial charge in [0.25, 0.3) is 11.1 Å². The van der Waals surface area contributed by atoms with E-state index in [-0.39, 0.29) is 22.7 Å². The van der Waals surface area contributed by atoms with Crippen LogP contribution in [-0.4, -0.2) is 47.4 Å². The summed E-state index contributed by atoms with van der Waals surface area (Å²) in [5.41, 5.74) is 6.40. The number of carbonyl (C=O) groups excluding carboxylic acids is 2. The van der Waals surface area contributed by atoms with Crippen molar-refractivity contribution in [3.63, 3.8) is 0 Å². The van der Waals surface area contributed by atoms with Crippen LogP contribution in [0.25, 0.3) is 6.08 Å². The number of nitrogens with zero attached hydrogens (tertiary/aromatic N) is 1. The Morgan fingerprint density at radius 1 is 1.00 bits per heavy atom. The molecule has 3 aliphatic rings. The van der Waals surface area contributed by atoms with E-state index in [1.54, 1.807) is 6.08 Å². The van der Waals surface area contributed by atoms with Crippen LogP contribution in [0, 0.1) is 20.8 Å². The molecule has 3 heterocycles. The highest BCUT2D eigenvalue weighted by molar-refractivity contribution is 8.18. The predicted octanol–water partition coefficient (Wildman–Crippen LogP) is 7.31. The minimum absolute atomic E-state index is 0.196. The Labute approximate surface area is 264 Å². The molecule has 7 nitrogen and oxygen atoms in total. The Morgan fingerprint density at radius 2 is 1.75 bits per heavy atom. The molecule has 0 radical (unpaired) electrons. The average molecular weight is 613 g/mol. The average Bonchev–Trinajstić information content (AvgIpc) is 3.66. The molecule has 8 heteroatoms. The largest absolute Gasteiger partial charge is 0.492 e. The number of likely N-dealkylation sites (tertiary alicyclic amines) is 1. The second kappa shape index (κ2) is 12.3. The molecule has 230 valence electrons. The number of amides is 2. The van der Waals surface area contributed by atoms with E-state index in [4.69, 9.17) is 14.2 Å². The Kier molecular flexibility index (Phi) is 8.49. The SMILES string of the molecule is Cc1c(C)c2c(c(C)c1OCc1ccccc1)[C@H](CN1CCC[C@H]1COc1ccc(C=C3SC(=O)NC3=O)cc1)C(C)(C)O2. The van der Waals surface area contributed by atoms with E-state index < -0.39 is 0 Å². The Bertz CT molecular complexity index is 1600. The summed E-state index contributed by atoms with van der Waals surface area (Å²) in [6.07, 6.45) is 3.94. The van der Waals surface area contributed by atoms with Gasteiger partial charge in [-0.25, -0.2) is 0 Å². The molecule has 0 aromatic heterocycles. The van der Waals surface area contributed by atoms with Crippen molar-refractivity contribution in [1.29, 1.82) is 0 Å². The number of ether oxygens (including phenoxy) is 3. The van der Waals surface area contributed by atoms with Crippen LogP contribution < -0.4 is 19.5 Å². The Morgan fingerprint density at radius 3 is 2.45 bits per heavy atom. The lowest BCUT2D eigenvalue weighted by molar-refractivity contribution is -0.115. The number of hydrogen-bond donors (Lipinski definition) is 1. The quantitative estimate of drug-likeness (QED) is 0.254. The first kappa shape index (κ1) is 30.3. The number of benzene rings is 3. The lowest BCUT2D eigenvalue weighted by atomic mass is 9.82. The van der Waals surface area contributed by atoms with Gasteiger partial charge < -0.3 is 14.2 Å². The summed E-state index contributed by atoms with van der Waals surface area (Å²) >= 11 is 0.922. The van der Waals surface area contributed by atoms with Gasteiger partial charge in [-0.3, -0.25) is 19.8 Å². The highest BCUT2D eigenvalue weighted by Gasteiger charge is 2.46. The zero-order chi connectivity index (χ0) is 31.0. The molecule has 0 aliphatic carbocycles. The first-order valence-electron chi connectivity index (χ1n) is 15.3. The maximum absolute atomic E-state index is 11.9. The van der Waals surface area contributed by atoms with E-state index in [1.165, 1.54) is 11.1 Å². The molecule has 6 rings (SSSR count). The molecule has 2 saturated heterocycles. The lowest BCUT2D eigenvalue weighted by Gasteiger charge is -2.33. The third-order valence-corrected chi connectivity index (χ3v) is 10.0. The van der Waals surface area contributed by atoms with Gasteiger partial charge in [0.1, 0.15) is 36.1 Å². The Balaban J connectivity index is 1.15. The summed E-state index contributed by atoms with van der Waals surface area (Å²) in [5, 5.41) is 1.95. The third kappa shape index (κ3) is 6.10. The van der Waals surface area contributed by atoms with Crippen molar-refractivity contribution in [3.05, 3.63) is 92.9 Å². The van der Waals surface area contributed by atoms with E-state index in [9.17, 15) is 9.59 Å². The van der Waals surface area contributed by atoms with Gasteiger partial charge in [-0.15, -0.1) is 0 Å². The summed E-state index contributed by atoms with van der Waals surface area (Å²) in [4.78, 5) is 26.3. The predicted molar refractivity (Wildman–Crippen MR) is 175 cm³/mol. The van der Waals surface area contributed by atoms with Crippen molar-refractivity contribution in [3.8, 4) is 17.2 Å². The van der Waals surface area contributed by atoms with Gasteiger partial charge in [-0.2, -0.15) is 0 Å². The van der Waals surface area contributed by atoms with Crippen LogP contribution in [-0.2, 0) is 11.4 Å². The highest BCUT2D eigenvalue weighted by atomic mass is 32.2. The molecule has 0 spiro atoms. The van der Waals surface area contributed by atoms with Crippen LogP contribution in [0.3, 0.4) is 0 Å². The van der Waals surface area contributed by atoms with Gasteiger partial charge in [0.05, 0.1) is 4.91 Å². The van der Waals surface area contributed by atoms with Gasteiger partial charge >= 0.3 is 0 Å². The van der Waals surface area contributed by atoms with Crippen LogP contribution in [0.15, 0.2) is 59.5 Å². The van der Waals surface area contributed by atoms with Crippen molar-refractivity contribution in [2.24, 2.45) is 0 Å². The molecular formula is C36H40N2O5S. The van der Waals surface area contributed by atoms with Crippen LogP contribution >= 0.6 is 11.8 Å². The van der Waals surface area contributed by atoms with Crippen LogP contribution in [0.1, 0.15) is 66.0 Å². The molecule has 44 heavy (non-hydrogen) atoms. The molecule has 3 aromatic rings. The molecule has 1 N–H and O–H groups in total. The van der Waals surface area contributed by atoms with Crippen molar-refractivity contribution >= 4 is 29.0 Å². The second-order valence-electron chi connectivity index (χ2n) is 12.5. The Hall–Kier alpha value is -3.75. The number of fused-ring (bicyclic) bond motifs is 1. The standard InChI is InChI=1S/C36H40N2O5S/c1-22-23(2)33-31(24(3)32(22)42-20-26-10-7-6-8-11-26)29(36(4,5)43-33)19-38-17-9-12-27(38)21-41-28-15-13-25(14-16-28)18-30-34(39)37-35(40)44-30/h6-8,10-11,13-16,18,27,29H,9,12,17,19-21H2,1-5H3,(H,37,39,40)/t27-,29-/m0/s1. The van der Waals surface area contributed by atoms with E-state index in [2.05, 4.69) is 57.0 Å². The summed E-state index contributed by atoms with van der Waals surface area (Å²) in [7, 11) is 0. The summed E-state index contributed by atoms with van der Waals surface area (Å²) in [6, 6.07) is 18.3. The molecule has 2 fully saturated rings.